The van der Waals surface area contributed by atoms with Gasteiger partial charge in [0.05, 0.1) is 12.2 Å². The first-order chi connectivity index (χ1) is 12.7. The Morgan fingerprint density at radius 3 is 3.12 bits per heavy atom. The Morgan fingerprint density at radius 2 is 2.31 bits per heavy atom. The molecule has 1 aromatic carbocycles. The zero-order valence-corrected chi connectivity index (χ0v) is 14.8. The Kier molecular flexibility index (Phi) is 6.17. The van der Waals surface area contributed by atoms with Gasteiger partial charge in [0, 0.05) is 33.2 Å². The monoisotopic (exact) mass is 362 g/mol. The van der Waals surface area contributed by atoms with E-state index >= 15 is 0 Å². The van der Waals surface area contributed by atoms with Crippen LogP contribution >= 0.6 is 0 Å². The van der Waals surface area contributed by atoms with Gasteiger partial charge in [-0.05, 0) is 30.9 Å². The number of aromatic nitrogens is 2. The maximum absolute atomic E-state index is 13.8. The van der Waals surface area contributed by atoms with E-state index in [0.717, 1.165) is 19.4 Å². The highest BCUT2D eigenvalue weighted by Crippen LogP contribution is 2.23. The van der Waals surface area contributed by atoms with Crippen LogP contribution in [0, 0.1) is 11.7 Å². The highest BCUT2D eigenvalue weighted by molar-refractivity contribution is 5.74. The van der Waals surface area contributed by atoms with Crippen LogP contribution in [0.1, 0.15) is 18.7 Å². The summed E-state index contributed by atoms with van der Waals surface area (Å²) < 4.78 is 24.1. The molecule has 1 aliphatic heterocycles. The molecule has 2 heterocycles. The molecule has 2 amide bonds. The van der Waals surface area contributed by atoms with E-state index < -0.39 is 0 Å². The van der Waals surface area contributed by atoms with Crippen LogP contribution in [0.15, 0.2) is 28.8 Å². The fourth-order valence-electron chi connectivity index (χ4n) is 3.12. The molecule has 140 valence electrons. The summed E-state index contributed by atoms with van der Waals surface area (Å²) in [6.45, 7) is 2.35. The number of nitrogens with zero attached hydrogens (tertiary/aromatic N) is 3. The van der Waals surface area contributed by atoms with Crippen LogP contribution in [0.4, 0.5) is 9.18 Å². The Morgan fingerprint density at radius 1 is 1.46 bits per heavy atom. The van der Waals surface area contributed by atoms with Crippen LogP contribution < -0.4 is 5.32 Å². The van der Waals surface area contributed by atoms with Gasteiger partial charge in [0.1, 0.15) is 5.82 Å². The first-order valence-corrected chi connectivity index (χ1v) is 8.76. The summed E-state index contributed by atoms with van der Waals surface area (Å²) in [4.78, 5) is 18.3. The maximum atomic E-state index is 13.8. The number of piperidine rings is 1. The predicted octanol–water partition coefficient (Wildman–Crippen LogP) is 2.49. The molecule has 26 heavy (non-hydrogen) atoms. The lowest BCUT2D eigenvalue weighted by Crippen LogP contribution is -2.46. The molecule has 8 heteroatoms. The summed E-state index contributed by atoms with van der Waals surface area (Å²) in [6.07, 6.45) is 2.49. The molecule has 7 nitrogen and oxygen atoms in total. The van der Waals surface area contributed by atoms with E-state index in [4.69, 9.17) is 9.26 Å². The number of hydrogen-bond donors (Lipinski definition) is 1. The number of amides is 2. The number of carbonyl (C=O) groups is 1. The quantitative estimate of drug-likeness (QED) is 0.799. The highest BCUT2D eigenvalue weighted by atomic mass is 19.1. The number of methoxy groups -OCH3 is 1. The molecule has 0 spiro atoms. The molecule has 1 unspecified atom stereocenters. The average molecular weight is 362 g/mol. The first-order valence-electron chi connectivity index (χ1n) is 8.76. The van der Waals surface area contributed by atoms with Gasteiger partial charge in [-0.25, -0.2) is 9.18 Å². The van der Waals surface area contributed by atoms with E-state index in [2.05, 4.69) is 15.5 Å². The number of urea groups is 1. The molecular formula is C18H23FN4O3. The van der Waals surface area contributed by atoms with Gasteiger partial charge in [-0.1, -0.05) is 17.3 Å². The molecule has 1 N–H and O–H groups in total. The smallest absolute Gasteiger partial charge is 0.317 e. The summed E-state index contributed by atoms with van der Waals surface area (Å²) in [7, 11) is 1.60. The number of ether oxygens (including phenoxy) is 1. The Balaban J connectivity index is 1.57. The number of carbonyl (C=O) groups excluding carboxylic acids is 1. The lowest BCUT2D eigenvalue weighted by Gasteiger charge is -2.32. The third-order valence-electron chi connectivity index (χ3n) is 4.43. The van der Waals surface area contributed by atoms with E-state index in [9.17, 15) is 9.18 Å². The van der Waals surface area contributed by atoms with Crippen molar-refractivity contribution in [3.63, 3.8) is 0 Å². The van der Waals surface area contributed by atoms with Crippen LogP contribution in [-0.4, -0.2) is 54.4 Å². The van der Waals surface area contributed by atoms with Gasteiger partial charge in [-0.3, -0.25) is 0 Å². The fraction of sp³-hybridized carbons (Fsp3) is 0.500. The third-order valence-corrected chi connectivity index (χ3v) is 4.43. The summed E-state index contributed by atoms with van der Waals surface area (Å²) in [5, 5.41) is 6.72. The second kappa shape index (κ2) is 8.75. The molecule has 1 aromatic heterocycles. The molecule has 1 saturated heterocycles. The number of benzene rings is 1. The fourth-order valence-corrected chi connectivity index (χ4v) is 3.12. The first kappa shape index (κ1) is 18.3. The van der Waals surface area contributed by atoms with Crippen molar-refractivity contribution in [2.75, 3.05) is 33.4 Å². The zero-order chi connectivity index (χ0) is 18.4. The molecule has 0 aliphatic carbocycles. The van der Waals surface area contributed by atoms with Crippen LogP contribution in [0.3, 0.4) is 0 Å². The summed E-state index contributed by atoms with van der Waals surface area (Å²) >= 11 is 0. The van der Waals surface area contributed by atoms with Crippen molar-refractivity contribution in [3.05, 3.63) is 36.0 Å². The molecule has 3 rings (SSSR count). The van der Waals surface area contributed by atoms with Gasteiger partial charge in [-0.15, -0.1) is 0 Å². The number of rotatable bonds is 6. The zero-order valence-electron chi connectivity index (χ0n) is 14.8. The van der Waals surface area contributed by atoms with E-state index in [1.54, 1.807) is 30.2 Å². The van der Waals surface area contributed by atoms with Crippen molar-refractivity contribution in [2.45, 2.75) is 19.3 Å². The minimum absolute atomic E-state index is 0.0793. The van der Waals surface area contributed by atoms with Crippen molar-refractivity contribution in [2.24, 2.45) is 5.92 Å². The minimum atomic E-state index is -0.378. The number of likely N-dealkylation sites (tertiary alicyclic amines) is 1. The van der Waals surface area contributed by atoms with Crippen molar-refractivity contribution in [1.82, 2.24) is 20.4 Å². The van der Waals surface area contributed by atoms with Crippen molar-refractivity contribution in [3.8, 4) is 11.4 Å². The molecule has 0 saturated carbocycles. The third kappa shape index (κ3) is 4.57. The molecule has 1 aliphatic rings. The predicted molar refractivity (Wildman–Crippen MR) is 93.0 cm³/mol. The minimum Gasteiger partial charge on any atom is -0.383 e. The van der Waals surface area contributed by atoms with Gasteiger partial charge in [0.25, 0.3) is 0 Å². The van der Waals surface area contributed by atoms with Gasteiger partial charge in [0.15, 0.2) is 0 Å². The van der Waals surface area contributed by atoms with E-state index in [1.165, 1.54) is 6.07 Å². The van der Waals surface area contributed by atoms with Gasteiger partial charge in [0.2, 0.25) is 11.7 Å². The summed E-state index contributed by atoms with van der Waals surface area (Å²) in [5.74, 6) is 0.584. The number of halogens is 1. The van der Waals surface area contributed by atoms with Crippen molar-refractivity contribution >= 4 is 6.03 Å². The second-order valence-electron chi connectivity index (χ2n) is 6.37. The lowest BCUT2D eigenvalue weighted by atomic mass is 9.95. The maximum Gasteiger partial charge on any atom is 0.317 e. The van der Waals surface area contributed by atoms with Crippen LogP contribution in [0.25, 0.3) is 11.4 Å². The average Bonchev–Trinajstić information content (AvgIpc) is 3.10. The topological polar surface area (TPSA) is 80.5 Å². The molecule has 1 atom stereocenters. The standard InChI is InChI=1S/C18H23FN4O3/c1-25-10-8-20-18(24)23-9-4-5-13(12-23)11-16-21-17(22-26-16)14-6-2-3-7-15(14)19/h2-3,6-7,13H,4-5,8-12H2,1H3,(H,20,24). The van der Waals surface area contributed by atoms with Gasteiger partial charge >= 0.3 is 6.03 Å². The van der Waals surface area contributed by atoms with Gasteiger partial charge in [-0.2, -0.15) is 4.98 Å². The van der Waals surface area contributed by atoms with Crippen LogP contribution in [-0.2, 0) is 11.2 Å². The lowest BCUT2D eigenvalue weighted by molar-refractivity contribution is 0.154. The van der Waals surface area contributed by atoms with Crippen LogP contribution in [0.5, 0.6) is 0 Å². The van der Waals surface area contributed by atoms with Crippen molar-refractivity contribution < 1.29 is 18.4 Å². The summed E-state index contributed by atoms with van der Waals surface area (Å²) in [5.41, 5.74) is 0.324. The second-order valence-corrected chi connectivity index (χ2v) is 6.37. The number of nitrogens with one attached hydrogen (secondary N) is 1. The van der Waals surface area contributed by atoms with E-state index in [-0.39, 0.29) is 23.6 Å². The van der Waals surface area contributed by atoms with Gasteiger partial charge < -0.3 is 19.5 Å². The Bertz CT molecular complexity index is 737. The number of hydrogen-bond acceptors (Lipinski definition) is 5. The summed E-state index contributed by atoms with van der Waals surface area (Å²) in [6, 6.07) is 6.26. The molecule has 0 radical (unpaired) electrons. The Hall–Kier alpha value is -2.48. The van der Waals surface area contributed by atoms with E-state index in [1.807, 2.05) is 0 Å². The van der Waals surface area contributed by atoms with E-state index in [0.29, 0.717) is 37.6 Å². The molecular weight excluding hydrogens is 339 g/mol. The van der Waals surface area contributed by atoms with Crippen LogP contribution in [0.2, 0.25) is 0 Å². The van der Waals surface area contributed by atoms with Crippen molar-refractivity contribution in [1.29, 1.82) is 0 Å². The SMILES string of the molecule is COCCNC(=O)N1CCCC(Cc2nc(-c3ccccc3F)no2)C1. The highest BCUT2D eigenvalue weighted by Gasteiger charge is 2.25. The normalized spacial score (nSPS) is 17.3. The largest absolute Gasteiger partial charge is 0.383 e. The Labute approximate surface area is 151 Å². The molecule has 1 fully saturated rings. The molecule has 2 aromatic rings. The molecule has 0 bridgehead atoms.